The number of carbonyl (C=O) groups excluding carboxylic acids is 1. The quantitative estimate of drug-likeness (QED) is 0.291. The SMILES string of the molecule is CCn1c(SCC(=O)Nc2ccc(Sc3nc(C)cc(C)n3)cc2)nnc1-c1ccco1. The van der Waals surface area contributed by atoms with Gasteiger partial charge in [-0.2, -0.15) is 0 Å². The molecule has 8 nitrogen and oxygen atoms in total. The van der Waals surface area contributed by atoms with Crippen molar-refractivity contribution < 1.29 is 9.21 Å². The van der Waals surface area contributed by atoms with Crippen LogP contribution in [0.1, 0.15) is 18.3 Å². The molecule has 0 saturated heterocycles. The number of rotatable bonds is 8. The fourth-order valence-electron chi connectivity index (χ4n) is 3.05. The van der Waals surface area contributed by atoms with Crippen molar-refractivity contribution in [2.75, 3.05) is 11.1 Å². The van der Waals surface area contributed by atoms with Crippen molar-refractivity contribution in [1.82, 2.24) is 24.7 Å². The van der Waals surface area contributed by atoms with Crippen LogP contribution in [0.5, 0.6) is 0 Å². The van der Waals surface area contributed by atoms with E-state index in [9.17, 15) is 4.79 Å². The van der Waals surface area contributed by atoms with Gasteiger partial charge in [-0.1, -0.05) is 11.8 Å². The number of benzene rings is 1. The van der Waals surface area contributed by atoms with E-state index < -0.39 is 0 Å². The van der Waals surface area contributed by atoms with E-state index in [4.69, 9.17) is 4.42 Å². The zero-order valence-corrected chi connectivity index (χ0v) is 19.5. The normalized spacial score (nSPS) is 11.0. The summed E-state index contributed by atoms with van der Waals surface area (Å²) in [4.78, 5) is 22.3. The zero-order chi connectivity index (χ0) is 22.5. The van der Waals surface area contributed by atoms with Crippen LogP contribution in [0.2, 0.25) is 0 Å². The molecule has 0 aliphatic carbocycles. The van der Waals surface area contributed by atoms with Crippen molar-refractivity contribution in [2.24, 2.45) is 0 Å². The number of nitrogens with one attached hydrogen (secondary N) is 1. The third kappa shape index (κ3) is 5.38. The van der Waals surface area contributed by atoms with Gasteiger partial charge in [-0.3, -0.25) is 9.36 Å². The first-order valence-corrected chi connectivity index (χ1v) is 11.8. The van der Waals surface area contributed by atoms with Crippen LogP contribution >= 0.6 is 23.5 Å². The average molecular weight is 467 g/mol. The molecule has 0 atom stereocenters. The molecule has 3 heterocycles. The van der Waals surface area contributed by atoms with E-state index >= 15 is 0 Å². The lowest BCUT2D eigenvalue weighted by Gasteiger charge is -2.08. The lowest BCUT2D eigenvalue weighted by Crippen LogP contribution is -2.14. The summed E-state index contributed by atoms with van der Waals surface area (Å²) < 4.78 is 7.35. The maximum Gasteiger partial charge on any atom is 0.234 e. The number of aromatic nitrogens is 5. The molecule has 1 aromatic carbocycles. The molecule has 164 valence electrons. The summed E-state index contributed by atoms with van der Waals surface area (Å²) in [5.74, 6) is 1.42. The van der Waals surface area contributed by atoms with E-state index in [1.807, 2.05) is 67.8 Å². The summed E-state index contributed by atoms with van der Waals surface area (Å²) in [5, 5.41) is 12.7. The number of anilines is 1. The fourth-order valence-corrected chi connectivity index (χ4v) is 4.71. The Kier molecular flexibility index (Phi) is 6.91. The number of nitrogens with zero attached hydrogens (tertiary/aromatic N) is 5. The molecule has 0 bridgehead atoms. The van der Waals surface area contributed by atoms with E-state index in [2.05, 4.69) is 25.5 Å². The Labute approximate surface area is 194 Å². The van der Waals surface area contributed by atoms with Gasteiger partial charge >= 0.3 is 0 Å². The van der Waals surface area contributed by atoms with Gasteiger partial charge in [-0.25, -0.2) is 9.97 Å². The molecule has 3 aromatic heterocycles. The lowest BCUT2D eigenvalue weighted by molar-refractivity contribution is -0.113. The molecule has 0 spiro atoms. The number of hydrogen-bond donors (Lipinski definition) is 1. The van der Waals surface area contributed by atoms with Crippen LogP contribution in [0, 0.1) is 13.8 Å². The maximum atomic E-state index is 12.4. The number of carbonyl (C=O) groups is 1. The van der Waals surface area contributed by atoms with Crippen molar-refractivity contribution >= 4 is 35.1 Å². The molecule has 4 aromatic rings. The summed E-state index contributed by atoms with van der Waals surface area (Å²) >= 11 is 2.83. The monoisotopic (exact) mass is 466 g/mol. The molecule has 0 saturated carbocycles. The van der Waals surface area contributed by atoms with Crippen LogP contribution in [0.25, 0.3) is 11.6 Å². The molecule has 32 heavy (non-hydrogen) atoms. The Balaban J connectivity index is 1.34. The predicted octanol–water partition coefficient (Wildman–Crippen LogP) is 4.85. The molecule has 1 N–H and O–H groups in total. The van der Waals surface area contributed by atoms with E-state index in [1.54, 1.807) is 6.26 Å². The first-order valence-electron chi connectivity index (χ1n) is 10.0. The number of aryl methyl sites for hydroxylation is 2. The molecule has 4 rings (SSSR count). The average Bonchev–Trinajstić information content (AvgIpc) is 3.42. The predicted molar refractivity (Wildman–Crippen MR) is 125 cm³/mol. The standard InChI is InChI=1S/C22H22N6O2S2/c1-4-28-20(18-6-5-11-30-18)26-27-22(28)31-13-19(29)25-16-7-9-17(10-8-16)32-21-23-14(2)12-15(3)24-21/h5-12H,4,13H2,1-3H3,(H,25,29). The van der Waals surface area contributed by atoms with Crippen molar-refractivity contribution in [2.45, 2.75) is 42.5 Å². The third-order valence-electron chi connectivity index (χ3n) is 4.42. The number of hydrogen-bond acceptors (Lipinski definition) is 8. The second kappa shape index (κ2) is 10.0. The zero-order valence-electron chi connectivity index (χ0n) is 17.9. The molecular weight excluding hydrogens is 444 g/mol. The molecule has 0 unspecified atom stereocenters. The van der Waals surface area contributed by atoms with E-state index in [0.717, 1.165) is 22.0 Å². The Morgan fingerprint density at radius 3 is 2.50 bits per heavy atom. The van der Waals surface area contributed by atoms with Crippen molar-refractivity contribution in [3.8, 4) is 11.6 Å². The topological polar surface area (TPSA) is 98.7 Å². The van der Waals surface area contributed by atoms with Gasteiger partial charge in [0, 0.05) is 28.5 Å². The summed E-state index contributed by atoms with van der Waals surface area (Å²) in [6, 6.07) is 13.2. The van der Waals surface area contributed by atoms with Gasteiger partial charge in [0.2, 0.25) is 5.91 Å². The minimum absolute atomic E-state index is 0.113. The fraction of sp³-hybridized carbons (Fsp3) is 0.227. The summed E-state index contributed by atoms with van der Waals surface area (Å²) in [5.41, 5.74) is 2.61. The van der Waals surface area contributed by atoms with Gasteiger partial charge in [0.25, 0.3) is 0 Å². The second-order valence-electron chi connectivity index (χ2n) is 6.92. The van der Waals surface area contributed by atoms with Crippen LogP contribution in [0.3, 0.4) is 0 Å². The maximum absolute atomic E-state index is 12.4. The number of thioether (sulfide) groups is 1. The first-order chi connectivity index (χ1) is 15.5. The van der Waals surface area contributed by atoms with Gasteiger partial charge in [0.1, 0.15) is 0 Å². The van der Waals surface area contributed by atoms with Gasteiger partial charge < -0.3 is 9.73 Å². The van der Waals surface area contributed by atoms with Crippen molar-refractivity contribution in [3.05, 3.63) is 60.1 Å². The molecule has 0 fully saturated rings. The summed E-state index contributed by atoms with van der Waals surface area (Å²) in [6.07, 6.45) is 1.60. The molecular formula is C22H22N6O2S2. The smallest absolute Gasteiger partial charge is 0.234 e. The first kappa shape index (κ1) is 22.1. The third-order valence-corrected chi connectivity index (χ3v) is 6.26. The molecule has 0 aliphatic rings. The highest BCUT2D eigenvalue weighted by atomic mass is 32.2. The van der Waals surface area contributed by atoms with E-state index in [0.29, 0.717) is 28.4 Å². The van der Waals surface area contributed by atoms with Crippen LogP contribution in [0.15, 0.2) is 68.4 Å². The van der Waals surface area contributed by atoms with E-state index in [-0.39, 0.29) is 11.7 Å². The summed E-state index contributed by atoms with van der Waals surface area (Å²) in [6.45, 7) is 6.59. The highest BCUT2D eigenvalue weighted by Gasteiger charge is 2.16. The Hall–Kier alpha value is -3.11. The van der Waals surface area contributed by atoms with Crippen molar-refractivity contribution in [3.63, 3.8) is 0 Å². The highest BCUT2D eigenvalue weighted by Crippen LogP contribution is 2.27. The van der Waals surface area contributed by atoms with Crippen LogP contribution in [-0.2, 0) is 11.3 Å². The highest BCUT2D eigenvalue weighted by molar-refractivity contribution is 7.99. The minimum atomic E-state index is -0.113. The largest absolute Gasteiger partial charge is 0.461 e. The number of furan rings is 1. The Morgan fingerprint density at radius 1 is 1.09 bits per heavy atom. The molecule has 0 aliphatic heterocycles. The van der Waals surface area contributed by atoms with Crippen LogP contribution in [-0.4, -0.2) is 36.4 Å². The Bertz CT molecular complexity index is 1190. The Morgan fingerprint density at radius 2 is 1.84 bits per heavy atom. The second-order valence-corrected chi connectivity index (χ2v) is 8.91. The van der Waals surface area contributed by atoms with Gasteiger partial charge in [-0.05, 0) is 75.0 Å². The molecule has 0 radical (unpaired) electrons. The van der Waals surface area contributed by atoms with Crippen LogP contribution in [0.4, 0.5) is 5.69 Å². The van der Waals surface area contributed by atoms with Gasteiger partial charge in [0.15, 0.2) is 21.9 Å². The lowest BCUT2D eigenvalue weighted by atomic mass is 10.3. The van der Waals surface area contributed by atoms with Gasteiger partial charge in [0.05, 0.1) is 12.0 Å². The molecule has 1 amide bonds. The van der Waals surface area contributed by atoms with Gasteiger partial charge in [-0.15, -0.1) is 10.2 Å². The number of amides is 1. The summed E-state index contributed by atoms with van der Waals surface area (Å²) in [7, 11) is 0. The minimum Gasteiger partial charge on any atom is -0.461 e. The van der Waals surface area contributed by atoms with E-state index in [1.165, 1.54) is 23.5 Å². The van der Waals surface area contributed by atoms with Crippen LogP contribution < -0.4 is 5.32 Å². The van der Waals surface area contributed by atoms with Crippen molar-refractivity contribution in [1.29, 1.82) is 0 Å². The molecule has 10 heteroatoms.